The van der Waals surface area contributed by atoms with Gasteiger partial charge in [0.1, 0.15) is 0 Å². The van der Waals surface area contributed by atoms with Crippen molar-refractivity contribution >= 4 is 17.4 Å². The highest BCUT2D eigenvalue weighted by Crippen LogP contribution is 2.23. The van der Waals surface area contributed by atoms with Gasteiger partial charge in [-0.2, -0.15) is 5.23 Å². The van der Waals surface area contributed by atoms with Crippen LogP contribution in [-0.2, 0) is 4.74 Å². The summed E-state index contributed by atoms with van der Waals surface area (Å²) in [6.07, 6.45) is 0. The van der Waals surface area contributed by atoms with Gasteiger partial charge in [0, 0.05) is 11.1 Å². The SMILES string of the molecule is COC(=O)c1ccccc1C(O)=C(c1ccccc1)[NH+]([O-])O. The number of aliphatic hydroxyl groups is 1. The molecule has 2 rings (SSSR count). The van der Waals surface area contributed by atoms with Crippen molar-refractivity contribution in [3.05, 3.63) is 76.5 Å². The molecular weight excluding hydrogens is 286 g/mol. The van der Waals surface area contributed by atoms with Crippen molar-refractivity contribution in [1.29, 1.82) is 0 Å². The van der Waals surface area contributed by atoms with Gasteiger partial charge in [0.25, 0.3) is 0 Å². The van der Waals surface area contributed by atoms with Crippen molar-refractivity contribution in [2.75, 3.05) is 7.11 Å². The first kappa shape index (κ1) is 15.7. The Hall–Kier alpha value is -2.67. The van der Waals surface area contributed by atoms with Crippen molar-refractivity contribution in [3.63, 3.8) is 0 Å². The average molecular weight is 301 g/mol. The highest BCUT2D eigenvalue weighted by molar-refractivity contribution is 5.97. The molecule has 2 aromatic rings. The van der Waals surface area contributed by atoms with Gasteiger partial charge < -0.3 is 15.1 Å². The Kier molecular flexibility index (Phi) is 4.90. The zero-order chi connectivity index (χ0) is 16.1. The summed E-state index contributed by atoms with van der Waals surface area (Å²) < 4.78 is 4.65. The van der Waals surface area contributed by atoms with Crippen LogP contribution in [-0.4, -0.2) is 23.4 Å². The second-order valence-corrected chi connectivity index (χ2v) is 4.43. The van der Waals surface area contributed by atoms with Gasteiger partial charge in [-0.1, -0.05) is 36.4 Å². The largest absolute Gasteiger partial charge is 0.595 e. The maximum Gasteiger partial charge on any atom is 0.338 e. The number of esters is 1. The number of hydrogen-bond donors (Lipinski definition) is 3. The van der Waals surface area contributed by atoms with E-state index in [2.05, 4.69) is 4.74 Å². The summed E-state index contributed by atoms with van der Waals surface area (Å²) in [6.45, 7) is 0. The lowest BCUT2D eigenvalue weighted by Gasteiger charge is -2.18. The van der Waals surface area contributed by atoms with Crippen LogP contribution in [0.2, 0.25) is 0 Å². The molecule has 0 bridgehead atoms. The second-order valence-electron chi connectivity index (χ2n) is 4.43. The lowest BCUT2D eigenvalue weighted by Crippen LogP contribution is -3.01. The van der Waals surface area contributed by atoms with E-state index >= 15 is 0 Å². The van der Waals surface area contributed by atoms with Crippen LogP contribution in [0.5, 0.6) is 0 Å². The molecule has 0 aliphatic carbocycles. The smallest absolute Gasteiger partial charge is 0.338 e. The molecule has 2 aromatic carbocycles. The maximum absolute atomic E-state index is 11.8. The van der Waals surface area contributed by atoms with Crippen LogP contribution < -0.4 is 5.23 Å². The van der Waals surface area contributed by atoms with Crippen LogP contribution in [0.3, 0.4) is 0 Å². The highest BCUT2D eigenvalue weighted by atomic mass is 16.8. The van der Waals surface area contributed by atoms with Gasteiger partial charge >= 0.3 is 5.97 Å². The van der Waals surface area contributed by atoms with Crippen molar-refractivity contribution in [2.45, 2.75) is 0 Å². The first-order valence-corrected chi connectivity index (χ1v) is 6.46. The number of quaternary nitrogens is 1. The first-order chi connectivity index (χ1) is 10.6. The van der Waals surface area contributed by atoms with Crippen molar-refractivity contribution in [1.82, 2.24) is 0 Å². The molecule has 0 aromatic heterocycles. The maximum atomic E-state index is 11.8. The van der Waals surface area contributed by atoms with E-state index in [1.54, 1.807) is 42.5 Å². The van der Waals surface area contributed by atoms with Crippen LogP contribution in [0, 0.1) is 5.21 Å². The van der Waals surface area contributed by atoms with E-state index in [9.17, 15) is 20.3 Å². The zero-order valence-electron chi connectivity index (χ0n) is 11.8. The number of ether oxygens (including phenoxy) is 1. The molecule has 0 saturated heterocycles. The molecular formula is C16H15NO5. The molecule has 6 heteroatoms. The minimum absolute atomic E-state index is 0.0946. The number of nitrogens with one attached hydrogen (secondary N) is 1. The minimum Gasteiger partial charge on any atom is -0.595 e. The number of methoxy groups -OCH3 is 1. The van der Waals surface area contributed by atoms with Gasteiger partial charge in [-0.05, 0) is 18.2 Å². The Morgan fingerprint density at radius 1 is 1.05 bits per heavy atom. The minimum atomic E-state index is -1.29. The molecule has 114 valence electrons. The third kappa shape index (κ3) is 3.15. The number of hydroxylamine groups is 2. The van der Waals surface area contributed by atoms with Crippen molar-refractivity contribution < 1.29 is 25.1 Å². The molecule has 1 atom stereocenters. The summed E-state index contributed by atoms with van der Waals surface area (Å²) in [4.78, 5) is 11.8. The van der Waals surface area contributed by atoms with E-state index in [1.165, 1.54) is 19.2 Å². The van der Waals surface area contributed by atoms with Crippen LogP contribution in [0.4, 0.5) is 0 Å². The Morgan fingerprint density at radius 2 is 1.59 bits per heavy atom. The molecule has 0 aliphatic heterocycles. The van der Waals surface area contributed by atoms with E-state index in [0.29, 0.717) is 5.56 Å². The Morgan fingerprint density at radius 3 is 2.14 bits per heavy atom. The summed E-state index contributed by atoms with van der Waals surface area (Å²) in [7, 11) is 1.22. The predicted molar refractivity (Wildman–Crippen MR) is 79.8 cm³/mol. The number of carbonyl (C=O) groups excluding carboxylic acids is 1. The molecule has 0 fully saturated rings. The third-order valence-electron chi connectivity index (χ3n) is 3.10. The summed E-state index contributed by atoms with van der Waals surface area (Å²) in [5.74, 6) is -1.14. The monoisotopic (exact) mass is 301 g/mol. The molecule has 1 unspecified atom stereocenters. The molecule has 0 radical (unpaired) electrons. The van der Waals surface area contributed by atoms with Gasteiger partial charge in [0.2, 0.25) is 5.70 Å². The molecule has 0 aliphatic rings. The number of hydrogen-bond acceptors (Lipinski definition) is 5. The summed E-state index contributed by atoms with van der Waals surface area (Å²) in [5.41, 5.74) is 0.261. The number of aliphatic hydroxyl groups excluding tert-OH is 1. The summed E-state index contributed by atoms with van der Waals surface area (Å²) in [5, 5.41) is 30.1. The lowest BCUT2D eigenvalue weighted by molar-refractivity contribution is -0.985. The Labute approximate surface area is 127 Å². The zero-order valence-corrected chi connectivity index (χ0v) is 11.8. The first-order valence-electron chi connectivity index (χ1n) is 6.46. The van der Waals surface area contributed by atoms with Crippen molar-refractivity contribution in [2.24, 2.45) is 0 Å². The van der Waals surface area contributed by atoms with E-state index in [0.717, 1.165) is 0 Å². The molecule has 22 heavy (non-hydrogen) atoms. The number of benzene rings is 2. The van der Waals surface area contributed by atoms with Gasteiger partial charge in [-0.25, -0.2) is 10.0 Å². The van der Waals surface area contributed by atoms with E-state index in [-0.39, 0.29) is 16.8 Å². The fraction of sp³-hybridized carbons (Fsp3) is 0.0625. The van der Waals surface area contributed by atoms with Crippen molar-refractivity contribution in [3.8, 4) is 0 Å². The summed E-state index contributed by atoms with van der Waals surface area (Å²) >= 11 is 0. The third-order valence-corrected chi connectivity index (χ3v) is 3.10. The van der Waals surface area contributed by atoms with Crippen LogP contribution in [0.25, 0.3) is 11.5 Å². The summed E-state index contributed by atoms with van der Waals surface area (Å²) in [6, 6.07) is 14.3. The lowest BCUT2D eigenvalue weighted by atomic mass is 10.0. The van der Waals surface area contributed by atoms with Gasteiger partial charge in [0.05, 0.1) is 12.7 Å². The quantitative estimate of drug-likeness (QED) is 0.345. The van der Waals surface area contributed by atoms with Crippen LogP contribution in [0.1, 0.15) is 21.5 Å². The second kappa shape index (κ2) is 6.86. The Balaban J connectivity index is 2.65. The number of rotatable bonds is 4. The molecule has 0 spiro atoms. The average Bonchev–Trinajstić information content (AvgIpc) is 2.55. The van der Waals surface area contributed by atoms with E-state index in [1.807, 2.05) is 0 Å². The van der Waals surface area contributed by atoms with E-state index in [4.69, 9.17) is 0 Å². The highest BCUT2D eigenvalue weighted by Gasteiger charge is 2.22. The van der Waals surface area contributed by atoms with Crippen LogP contribution >= 0.6 is 0 Å². The Bertz CT molecular complexity index is 695. The van der Waals surface area contributed by atoms with Crippen LogP contribution in [0.15, 0.2) is 54.6 Å². The molecule has 3 N–H and O–H groups in total. The van der Waals surface area contributed by atoms with E-state index < -0.39 is 17.0 Å². The van der Waals surface area contributed by atoms with Gasteiger partial charge in [-0.3, -0.25) is 0 Å². The molecule has 6 nitrogen and oxygen atoms in total. The fourth-order valence-electron chi connectivity index (χ4n) is 2.08. The molecule has 0 heterocycles. The molecule has 0 amide bonds. The van der Waals surface area contributed by atoms with Gasteiger partial charge in [0.15, 0.2) is 5.76 Å². The number of carbonyl (C=O) groups is 1. The molecule has 0 saturated carbocycles. The fourth-order valence-corrected chi connectivity index (χ4v) is 2.08. The topological polar surface area (TPSA) is 94.3 Å². The normalized spacial score (nSPS) is 13.2. The van der Waals surface area contributed by atoms with Gasteiger partial charge in [-0.15, -0.1) is 0 Å². The predicted octanol–water partition coefficient (Wildman–Crippen LogP) is 1.63. The standard InChI is InChI=1S/C16H15NO5/c1-22-16(19)13-10-6-5-9-12(13)15(18)14(17(20)21)11-7-3-2-4-8-11/h2-10,17-18,20H,1H3.